The van der Waals surface area contributed by atoms with Crippen LogP contribution in [0.5, 0.6) is 0 Å². The lowest BCUT2D eigenvalue weighted by Crippen LogP contribution is -2.31. The predicted molar refractivity (Wildman–Crippen MR) is 112 cm³/mol. The van der Waals surface area contributed by atoms with Crippen LogP contribution in [0, 0.1) is 17.8 Å². The van der Waals surface area contributed by atoms with Crippen LogP contribution in [-0.4, -0.2) is 51.8 Å². The second-order valence-electron chi connectivity index (χ2n) is 8.13. The maximum absolute atomic E-state index is 11.6. The summed E-state index contributed by atoms with van der Waals surface area (Å²) >= 11 is 3.42. The number of carbonyl (C=O) groups excluding carboxylic acids is 1. The number of aromatic nitrogens is 2. The van der Waals surface area contributed by atoms with Crippen molar-refractivity contribution in [2.45, 2.75) is 25.8 Å². The number of carbonyl (C=O) groups is 2. The van der Waals surface area contributed by atoms with Crippen molar-refractivity contribution in [2.24, 2.45) is 23.5 Å². The third-order valence-corrected chi connectivity index (χ3v) is 6.59. The third-order valence-electron chi connectivity index (χ3n) is 6.12. The highest BCUT2D eigenvalue weighted by Gasteiger charge is 2.41. The van der Waals surface area contributed by atoms with E-state index in [2.05, 4.69) is 31.0 Å². The molecule has 0 spiro atoms. The molecule has 0 bridgehead atoms. The zero-order valence-electron chi connectivity index (χ0n) is 16.4. The van der Waals surface area contributed by atoms with Crippen LogP contribution in [0.2, 0.25) is 0 Å². The first-order valence-corrected chi connectivity index (χ1v) is 10.8. The number of anilines is 1. The highest BCUT2D eigenvalue weighted by atomic mass is 79.9. The Morgan fingerprint density at radius 3 is 2.60 bits per heavy atom. The molecule has 2 aromatic heterocycles. The molecule has 1 saturated heterocycles. The molecule has 160 valence electrons. The van der Waals surface area contributed by atoms with Gasteiger partial charge in [-0.05, 0) is 65.1 Å². The quantitative estimate of drug-likeness (QED) is 0.627. The van der Waals surface area contributed by atoms with Crippen molar-refractivity contribution in [3.8, 4) is 0 Å². The van der Waals surface area contributed by atoms with E-state index in [9.17, 15) is 14.7 Å². The van der Waals surface area contributed by atoms with Gasteiger partial charge >= 0.3 is 6.09 Å². The van der Waals surface area contributed by atoms with E-state index in [1.54, 1.807) is 0 Å². The molecule has 1 unspecified atom stereocenters. The molecule has 9 nitrogen and oxygen atoms in total. The molecule has 2 aliphatic rings. The smallest absolute Gasteiger partial charge is 0.407 e. The van der Waals surface area contributed by atoms with E-state index in [-0.39, 0.29) is 12.2 Å². The molecule has 3 atom stereocenters. The molecule has 4 rings (SSSR count). The fourth-order valence-electron chi connectivity index (χ4n) is 4.68. The first-order chi connectivity index (χ1) is 14.4. The van der Waals surface area contributed by atoms with Crippen molar-refractivity contribution in [1.29, 1.82) is 0 Å². The number of nitrogens with two attached hydrogens (primary N) is 1. The summed E-state index contributed by atoms with van der Waals surface area (Å²) in [5.41, 5.74) is 5.16. The lowest BCUT2D eigenvalue weighted by atomic mass is 10.0. The average Bonchev–Trinajstić information content (AvgIpc) is 3.40. The molecule has 30 heavy (non-hydrogen) atoms. The van der Waals surface area contributed by atoms with Crippen LogP contribution in [0.25, 0.3) is 0 Å². The Kier molecular flexibility index (Phi) is 5.94. The number of halogens is 1. The molecule has 10 heteroatoms. The lowest BCUT2D eigenvalue weighted by molar-refractivity contribution is 0.0990. The monoisotopic (exact) mass is 477 g/mol. The highest BCUT2D eigenvalue weighted by molar-refractivity contribution is 9.10. The first kappa shape index (κ1) is 20.6. The third kappa shape index (κ3) is 4.58. The van der Waals surface area contributed by atoms with Gasteiger partial charge in [0, 0.05) is 36.4 Å². The summed E-state index contributed by atoms with van der Waals surface area (Å²) in [6.07, 6.45) is 3.84. The van der Waals surface area contributed by atoms with E-state index in [0.29, 0.717) is 30.1 Å². The number of primary amides is 1. The fraction of sp³-hybridized carbons (Fsp3) is 0.500. The predicted octanol–water partition coefficient (Wildman–Crippen LogP) is 2.96. The maximum Gasteiger partial charge on any atom is 0.407 e. The molecule has 2 fully saturated rings. The van der Waals surface area contributed by atoms with Gasteiger partial charge in [0.1, 0.15) is 5.82 Å². The summed E-state index contributed by atoms with van der Waals surface area (Å²) in [7, 11) is 0. The zero-order valence-corrected chi connectivity index (χ0v) is 18.0. The minimum atomic E-state index is -1.02. The molecule has 0 aromatic carbocycles. The maximum atomic E-state index is 11.6. The van der Waals surface area contributed by atoms with Gasteiger partial charge in [-0.25, -0.2) is 9.78 Å². The van der Waals surface area contributed by atoms with Crippen molar-refractivity contribution in [2.75, 3.05) is 24.5 Å². The van der Waals surface area contributed by atoms with E-state index in [0.717, 1.165) is 42.6 Å². The van der Waals surface area contributed by atoms with Crippen molar-refractivity contribution in [3.05, 3.63) is 40.3 Å². The standard InChI is InChI=1S/C20H24BrN5O4/c21-15-1-2-18(23-8-15)26-9-13-5-12(6-14(13)10-26)3-4-25(20(28)29)11-16-7-17(19(22)27)24-30-16/h1-2,7-8,12-14H,3-6,9-11H2,(H2,22,27)(H,28,29)/t12?,13-,14+. The summed E-state index contributed by atoms with van der Waals surface area (Å²) in [5, 5.41) is 13.1. The minimum Gasteiger partial charge on any atom is -0.465 e. The van der Waals surface area contributed by atoms with Gasteiger partial charge in [-0.3, -0.25) is 4.79 Å². The number of amides is 2. The zero-order chi connectivity index (χ0) is 21.3. The topological polar surface area (TPSA) is 126 Å². The SMILES string of the molecule is NC(=O)c1cc(CN(CCC2C[C@@H]3CN(c4ccc(Br)cn4)C[C@@H]3C2)C(=O)O)on1. The average molecular weight is 478 g/mol. The normalized spacial score (nSPS) is 22.8. The molecular formula is C20H24BrN5O4. The Balaban J connectivity index is 1.27. The summed E-state index contributed by atoms with van der Waals surface area (Å²) in [6.45, 7) is 2.49. The largest absolute Gasteiger partial charge is 0.465 e. The van der Waals surface area contributed by atoms with Crippen LogP contribution in [-0.2, 0) is 6.54 Å². The summed E-state index contributed by atoms with van der Waals surface area (Å²) in [6, 6.07) is 5.45. The molecule has 3 N–H and O–H groups in total. The van der Waals surface area contributed by atoms with Gasteiger partial charge in [-0.15, -0.1) is 0 Å². The number of rotatable bonds is 7. The summed E-state index contributed by atoms with van der Waals surface area (Å²) in [4.78, 5) is 30.9. The number of carboxylic acid groups (broad SMARTS) is 1. The summed E-state index contributed by atoms with van der Waals surface area (Å²) < 4.78 is 6.01. The van der Waals surface area contributed by atoms with Crippen molar-refractivity contribution >= 4 is 33.7 Å². The van der Waals surface area contributed by atoms with Crippen molar-refractivity contribution in [1.82, 2.24) is 15.0 Å². The molecule has 2 amide bonds. The Morgan fingerprint density at radius 2 is 2.03 bits per heavy atom. The van der Waals surface area contributed by atoms with E-state index < -0.39 is 12.0 Å². The van der Waals surface area contributed by atoms with Crippen LogP contribution < -0.4 is 10.6 Å². The van der Waals surface area contributed by atoms with E-state index in [1.807, 2.05) is 18.3 Å². The van der Waals surface area contributed by atoms with Gasteiger partial charge in [0.05, 0.1) is 6.54 Å². The number of nitrogens with zero attached hydrogens (tertiary/aromatic N) is 4. The second-order valence-corrected chi connectivity index (χ2v) is 9.05. The Labute approximate surface area is 182 Å². The molecule has 1 aliphatic carbocycles. The molecular weight excluding hydrogens is 454 g/mol. The fourth-order valence-corrected chi connectivity index (χ4v) is 4.91. The van der Waals surface area contributed by atoms with E-state index >= 15 is 0 Å². The summed E-state index contributed by atoms with van der Waals surface area (Å²) in [5.74, 6) is 2.41. The van der Waals surface area contributed by atoms with Crippen molar-refractivity contribution in [3.63, 3.8) is 0 Å². The van der Waals surface area contributed by atoms with Crippen LogP contribution in [0.15, 0.2) is 33.4 Å². The Morgan fingerprint density at radius 1 is 1.30 bits per heavy atom. The van der Waals surface area contributed by atoms with Gasteiger partial charge in [-0.2, -0.15) is 0 Å². The number of fused-ring (bicyclic) bond motifs is 1. The van der Waals surface area contributed by atoms with Gasteiger partial charge in [0.15, 0.2) is 11.5 Å². The number of hydrogen-bond acceptors (Lipinski definition) is 6. The highest BCUT2D eigenvalue weighted by Crippen LogP contribution is 2.43. The van der Waals surface area contributed by atoms with Crippen LogP contribution in [0.4, 0.5) is 10.6 Å². The Bertz CT molecular complexity index is 904. The number of pyridine rings is 1. The lowest BCUT2D eigenvalue weighted by Gasteiger charge is -2.22. The second kappa shape index (κ2) is 8.63. The number of hydrogen-bond donors (Lipinski definition) is 2. The molecule has 3 heterocycles. The first-order valence-electron chi connectivity index (χ1n) is 9.99. The van der Waals surface area contributed by atoms with Crippen molar-refractivity contribution < 1.29 is 19.2 Å². The van der Waals surface area contributed by atoms with Crippen LogP contribution in [0.1, 0.15) is 35.5 Å². The van der Waals surface area contributed by atoms with E-state index in [4.69, 9.17) is 10.3 Å². The molecule has 0 radical (unpaired) electrons. The van der Waals surface area contributed by atoms with Gasteiger partial charge in [0.2, 0.25) is 0 Å². The van der Waals surface area contributed by atoms with Crippen LogP contribution in [0.3, 0.4) is 0 Å². The minimum absolute atomic E-state index is 0.00350. The van der Waals surface area contributed by atoms with E-state index in [1.165, 1.54) is 11.0 Å². The van der Waals surface area contributed by atoms with Gasteiger partial charge in [0.25, 0.3) is 5.91 Å². The van der Waals surface area contributed by atoms with Crippen LogP contribution >= 0.6 is 15.9 Å². The molecule has 1 saturated carbocycles. The van der Waals surface area contributed by atoms with Gasteiger partial charge in [-0.1, -0.05) is 5.16 Å². The molecule has 1 aliphatic heterocycles. The Hall–Kier alpha value is -2.62. The van der Waals surface area contributed by atoms with Gasteiger partial charge < -0.3 is 25.2 Å². The molecule has 2 aromatic rings.